The van der Waals surface area contributed by atoms with Crippen LogP contribution in [0.25, 0.3) is 0 Å². The van der Waals surface area contributed by atoms with Crippen LogP contribution in [0, 0.1) is 6.92 Å². The number of nitrogens with one attached hydrogen (secondary N) is 2. The van der Waals surface area contributed by atoms with E-state index in [-0.39, 0.29) is 18.1 Å². The van der Waals surface area contributed by atoms with Gasteiger partial charge in [-0.05, 0) is 32.4 Å². The van der Waals surface area contributed by atoms with Crippen LogP contribution in [-0.2, 0) is 9.53 Å². The number of methoxy groups -OCH3 is 1. The highest BCUT2D eigenvalue weighted by Crippen LogP contribution is 2.30. The molecule has 1 aromatic rings. The highest BCUT2D eigenvalue weighted by Gasteiger charge is 2.27. The van der Waals surface area contributed by atoms with Gasteiger partial charge in [0.15, 0.2) is 6.54 Å². The molecule has 1 fully saturated rings. The molecule has 2 rings (SSSR count). The van der Waals surface area contributed by atoms with Gasteiger partial charge in [-0.3, -0.25) is 4.79 Å². The number of anilines is 1. The van der Waals surface area contributed by atoms with Gasteiger partial charge in [-0.2, -0.15) is 0 Å². The van der Waals surface area contributed by atoms with Crippen molar-refractivity contribution in [3.8, 4) is 5.75 Å². The molecule has 1 aliphatic rings. The fraction of sp³-hybridized carbons (Fsp3) is 0.562. The fourth-order valence-corrected chi connectivity index (χ4v) is 3.04. The van der Waals surface area contributed by atoms with Gasteiger partial charge in [0.25, 0.3) is 5.91 Å². The van der Waals surface area contributed by atoms with Crippen LogP contribution in [0.15, 0.2) is 12.1 Å². The Kier molecular flexibility index (Phi) is 5.67. The SMILES string of the molecule is COc1cc(Cl)c(C)cc1NC(=O)C[NH+]1C[C@@H](C)O[C@@H](C)C1. The van der Waals surface area contributed by atoms with E-state index < -0.39 is 0 Å². The number of benzene rings is 1. The summed E-state index contributed by atoms with van der Waals surface area (Å²) in [7, 11) is 1.56. The minimum Gasteiger partial charge on any atom is -0.495 e. The Balaban J connectivity index is 2.01. The normalized spacial score (nSPS) is 24.9. The molecule has 22 heavy (non-hydrogen) atoms. The molecule has 5 nitrogen and oxygen atoms in total. The summed E-state index contributed by atoms with van der Waals surface area (Å²) >= 11 is 6.08. The molecule has 1 amide bonds. The van der Waals surface area contributed by atoms with E-state index in [9.17, 15) is 4.79 Å². The molecule has 3 atom stereocenters. The number of rotatable bonds is 4. The van der Waals surface area contributed by atoms with Crippen molar-refractivity contribution >= 4 is 23.2 Å². The van der Waals surface area contributed by atoms with Crippen LogP contribution in [-0.4, -0.2) is 44.9 Å². The lowest BCUT2D eigenvalue weighted by atomic mass is 10.2. The average molecular weight is 328 g/mol. The molecule has 0 bridgehead atoms. The van der Waals surface area contributed by atoms with E-state index in [0.29, 0.717) is 23.0 Å². The lowest BCUT2D eigenvalue weighted by Crippen LogP contribution is -3.16. The first-order chi connectivity index (χ1) is 10.4. The summed E-state index contributed by atoms with van der Waals surface area (Å²) in [6, 6.07) is 3.55. The average Bonchev–Trinajstić information content (AvgIpc) is 2.41. The Labute approximate surface area is 136 Å². The third-order valence-corrected chi connectivity index (χ3v) is 4.19. The van der Waals surface area contributed by atoms with Crippen LogP contribution in [0.3, 0.4) is 0 Å². The molecule has 1 aliphatic heterocycles. The summed E-state index contributed by atoms with van der Waals surface area (Å²) in [6.45, 7) is 8.08. The third-order valence-electron chi connectivity index (χ3n) is 3.78. The summed E-state index contributed by atoms with van der Waals surface area (Å²) in [5, 5.41) is 3.54. The van der Waals surface area contributed by atoms with Gasteiger partial charge >= 0.3 is 0 Å². The maximum absolute atomic E-state index is 12.3. The molecule has 1 unspecified atom stereocenters. The zero-order valence-electron chi connectivity index (χ0n) is 13.5. The standard InChI is InChI=1S/C16H23ClN2O3/c1-10-5-14(15(21-4)6-13(10)17)18-16(20)9-19-7-11(2)22-12(3)8-19/h5-6,11-12H,7-9H2,1-4H3,(H,18,20)/p+1/t11-,12+. The Morgan fingerprint density at radius 2 is 2.05 bits per heavy atom. The van der Waals surface area contributed by atoms with E-state index in [2.05, 4.69) is 5.32 Å². The van der Waals surface area contributed by atoms with E-state index >= 15 is 0 Å². The second-order valence-electron chi connectivity index (χ2n) is 5.94. The quantitative estimate of drug-likeness (QED) is 0.876. The van der Waals surface area contributed by atoms with Crippen molar-refractivity contribution in [2.75, 3.05) is 32.1 Å². The molecular weight excluding hydrogens is 304 g/mol. The maximum Gasteiger partial charge on any atom is 0.279 e. The second kappa shape index (κ2) is 7.31. The predicted octanol–water partition coefficient (Wildman–Crippen LogP) is 1.29. The lowest BCUT2D eigenvalue weighted by molar-refractivity contribution is -0.907. The minimum atomic E-state index is -0.0312. The molecule has 0 aliphatic carbocycles. The monoisotopic (exact) mass is 327 g/mol. The molecule has 0 spiro atoms. The summed E-state index contributed by atoms with van der Waals surface area (Å²) in [4.78, 5) is 13.5. The van der Waals surface area contributed by atoms with Crippen molar-refractivity contribution in [1.82, 2.24) is 0 Å². The molecule has 1 saturated heterocycles. The predicted molar refractivity (Wildman–Crippen MR) is 86.9 cm³/mol. The number of amides is 1. The number of carbonyl (C=O) groups is 1. The van der Waals surface area contributed by atoms with E-state index in [0.717, 1.165) is 18.7 Å². The van der Waals surface area contributed by atoms with Crippen LogP contribution in [0.5, 0.6) is 5.75 Å². The van der Waals surface area contributed by atoms with Crippen molar-refractivity contribution in [2.45, 2.75) is 33.0 Å². The highest BCUT2D eigenvalue weighted by atomic mass is 35.5. The highest BCUT2D eigenvalue weighted by molar-refractivity contribution is 6.31. The zero-order chi connectivity index (χ0) is 16.3. The number of quaternary nitrogens is 1. The summed E-state index contributed by atoms with van der Waals surface area (Å²) in [5.74, 6) is 0.541. The van der Waals surface area contributed by atoms with Crippen LogP contribution >= 0.6 is 11.6 Å². The lowest BCUT2D eigenvalue weighted by Gasteiger charge is -2.31. The van der Waals surface area contributed by atoms with Crippen molar-refractivity contribution in [3.05, 3.63) is 22.7 Å². The van der Waals surface area contributed by atoms with Gasteiger partial charge in [0, 0.05) is 11.1 Å². The Morgan fingerprint density at radius 1 is 1.41 bits per heavy atom. The molecule has 1 aromatic carbocycles. The second-order valence-corrected chi connectivity index (χ2v) is 6.35. The van der Waals surface area contributed by atoms with E-state index in [1.165, 1.54) is 4.90 Å². The van der Waals surface area contributed by atoms with Crippen molar-refractivity contribution in [2.24, 2.45) is 0 Å². The van der Waals surface area contributed by atoms with Crippen LogP contribution < -0.4 is 15.0 Å². The van der Waals surface area contributed by atoms with Crippen molar-refractivity contribution < 1.29 is 19.2 Å². The van der Waals surface area contributed by atoms with E-state index in [4.69, 9.17) is 21.1 Å². The van der Waals surface area contributed by atoms with E-state index in [1.54, 1.807) is 13.2 Å². The van der Waals surface area contributed by atoms with Gasteiger partial charge in [0.1, 0.15) is 31.0 Å². The Hall–Kier alpha value is -1.30. The summed E-state index contributed by atoms with van der Waals surface area (Å²) in [6.07, 6.45) is 0.359. The van der Waals surface area contributed by atoms with Crippen molar-refractivity contribution in [1.29, 1.82) is 0 Å². The first-order valence-electron chi connectivity index (χ1n) is 7.52. The van der Waals surface area contributed by atoms with Gasteiger partial charge in [-0.1, -0.05) is 11.6 Å². The smallest absolute Gasteiger partial charge is 0.279 e. The Morgan fingerprint density at radius 3 is 2.64 bits per heavy atom. The first-order valence-corrected chi connectivity index (χ1v) is 7.89. The Bertz CT molecular complexity index is 540. The number of carbonyl (C=O) groups excluding carboxylic acids is 1. The first kappa shape index (κ1) is 17.1. The largest absolute Gasteiger partial charge is 0.495 e. The molecule has 0 saturated carbocycles. The molecule has 6 heteroatoms. The molecular formula is C16H24ClN2O3+. The number of hydrogen-bond acceptors (Lipinski definition) is 3. The van der Waals surface area contributed by atoms with Crippen LogP contribution in [0.4, 0.5) is 5.69 Å². The number of aryl methyl sites for hydroxylation is 1. The number of hydrogen-bond donors (Lipinski definition) is 2. The maximum atomic E-state index is 12.3. The van der Waals surface area contributed by atoms with Crippen molar-refractivity contribution in [3.63, 3.8) is 0 Å². The van der Waals surface area contributed by atoms with Crippen LogP contribution in [0.1, 0.15) is 19.4 Å². The van der Waals surface area contributed by atoms with Gasteiger partial charge in [0.05, 0.1) is 12.8 Å². The van der Waals surface area contributed by atoms with Crippen LogP contribution in [0.2, 0.25) is 5.02 Å². The van der Waals surface area contributed by atoms with Gasteiger partial charge in [0.2, 0.25) is 0 Å². The molecule has 0 radical (unpaired) electrons. The van der Waals surface area contributed by atoms with E-state index in [1.807, 2.05) is 26.8 Å². The number of ether oxygens (including phenoxy) is 2. The minimum absolute atomic E-state index is 0.0312. The molecule has 122 valence electrons. The summed E-state index contributed by atoms with van der Waals surface area (Å²) < 4.78 is 11.0. The fourth-order valence-electron chi connectivity index (χ4n) is 2.88. The molecule has 1 heterocycles. The zero-order valence-corrected chi connectivity index (χ0v) is 14.3. The van der Waals surface area contributed by atoms with Gasteiger partial charge in [-0.15, -0.1) is 0 Å². The number of morpholine rings is 1. The number of halogens is 1. The molecule has 2 N–H and O–H groups in total. The third kappa shape index (κ3) is 4.35. The topological polar surface area (TPSA) is 52.0 Å². The molecule has 0 aromatic heterocycles. The van der Waals surface area contributed by atoms with Gasteiger partial charge < -0.3 is 19.7 Å². The summed E-state index contributed by atoms with van der Waals surface area (Å²) in [5.41, 5.74) is 1.56. The van der Waals surface area contributed by atoms with Gasteiger partial charge in [-0.25, -0.2) is 0 Å².